The van der Waals surface area contributed by atoms with Crippen LogP contribution in [0.5, 0.6) is 0 Å². The SMILES string of the molecule is CC(NC(=O)c1nnn(-c2ccccc2Cl)c1-c1ccccn1)c1cccnc1. The Morgan fingerprint density at radius 1 is 1.07 bits per heavy atom. The Morgan fingerprint density at radius 2 is 1.90 bits per heavy atom. The maximum absolute atomic E-state index is 13.0. The second-order valence-corrected chi connectivity index (χ2v) is 6.75. The van der Waals surface area contributed by atoms with Gasteiger partial charge in [-0.3, -0.25) is 14.8 Å². The van der Waals surface area contributed by atoms with Gasteiger partial charge >= 0.3 is 0 Å². The first-order valence-electron chi connectivity index (χ1n) is 8.98. The van der Waals surface area contributed by atoms with E-state index in [1.165, 1.54) is 4.68 Å². The minimum absolute atomic E-state index is 0.166. The van der Waals surface area contributed by atoms with E-state index >= 15 is 0 Å². The van der Waals surface area contributed by atoms with Crippen LogP contribution in [0.15, 0.2) is 73.2 Å². The molecule has 1 aromatic carbocycles. The number of carbonyl (C=O) groups excluding carboxylic acids is 1. The monoisotopic (exact) mass is 404 g/mol. The van der Waals surface area contributed by atoms with Crippen molar-refractivity contribution in [3.05, 3.63) is 89.5 Å². The maximum atomic E-state index is 13.0. The minimum Gasteiger partial charge on any atom is -0.344 e. The van der Waals surface area contributed by atoms with Gasteiger partial charge in [0.05, 0.1) is 22.4 Å². The zero-order valence-electron chi connectivity index (χ0n) is 15.5. The first kappa shape index (κ1) is 18.8. The molecule has 1 amide bonds. The number of hydrogen-bond donors (Lipinski definition) is 1. The normalized spacial score (nSPS) is 11.8. The highest BCUT2D eigenvalue weighted by atomic mass is 35.5. The van der Waals surface area contributed by atoms with Crippen molar-refractivity contribution < 1.29 is 4.79 Å². The van der Waals surface area contributed by atoms with Crippen molar-refractivity contribution in [1.82, 2.24) is 30.3 Å². The molecule has 0 aliphatic heterocycles. The lowest BCUT2D eigenvalue weighted by atomic mass is 10.1. The average Bonchev–Trinajstić information content (AvgIpc) is 3.20. The highest BCUT2D eigenvalue weighted by Gasteiger charge is 2.25. The lowest BCUT2D eigenvalue weighted by Crippen LogP contribution is -2.27. The number of amides is 1. The molecule has 0 spiro atoms. The zero-order chi connectivity index (χ0) is 20.2. The number of aromatic nitrogens is 5. The molecule has 4 rings (SSSR count). The van der Waals surface area contributed by atoms with E-state index in [-0.39, 0.29) is 17.6 Å². The van der Waals surface area contributed by atoms with Crippen LogP contribution in [0.2, 0.25) is 5.02 Å². The van der Waals surface area contributed by atoms with Crippen LogP contribution >= 0.6 is 11.6 Å². The van der Waals surface area contributed by atoms with E-state index in [1.54, 1.807) is 36.8 Å². The predicted octanol–water partition coefficient (Wildman–Crippen LogP) is 3.87. The highest BCUT2D eigenvalue weighted by molar-refractivity contribution is 6.32. The van der Waals surface area contributed by atoms with Crippen molar-refractivity contribution in [2.75, 3.05) is 0 Å². The van der Waals surface area contributed by atoms with Gasteiger partial charge in [0, 0.05) is 18.6 Å². The summed E-state index contributed by atoms with van der Waals surface area (Å²) in [7, 11) is 0. The number of nitrogens with zero attached hydrogens (tertiary/aromatic N) is 5. The summed E-state index contributed by atoms with van der Waals surface area (Å²) in [5.41, 5.74) is 2.70. The molecule has 0 bridgehead atoms. The van der Waals surface area contributed by atoms with Crippen molar-refractivity contribution in [3.8, 4) is 17.1 Å². The number of pyridine rings is 2. The van der Waals surface area contributed by atoms with Crippen LogP contribution < -0.4 is 5.32 Å². The number of rotatable bonds is 5. The number of nitrogens with one attached hydrogen (secondary N) is 1. The summed E-state index contributed by atoms with van der Waals surface area (Å²) in [5.74, 6) is -0.361. The number of carbonyl (C=O) groups is 1. The molecule has 1 N–H and O–H groups in total. The van der Waals surface area contributed by atoms with Gasteiger partial charge in [0.2, 0.25) is 0 Å². The minimum atomic E-state index is -0.361. The Kier molecular flexibility index (Phi) is 5.31. The molecule has 3 heterocycles. The molecule has 0 aliphatic rings. The highest BCUT2D eigenvalue weighted by Crippen LogP contribution is 2.27. The second-order valence-electron chi connectivity index (χ2n) is 6.35. The summed E-state index contributed by atoms with van der Waals surface area (Å²) in [6, 6.07) is 16.1. The van der Waals surface area contributed by atoms with Gasteiger partial charge in [-0.05, 0) is 42.8 Å². The number of halogens is 1. The van der Waals surface area contributed by atoms with Crippen LogP contribution in [0.3, 0.4) is 0 Å². The fourth-order valence-corrected chi connectivity index (χ4v) is 3.16. The Labute approximate surface area is 172 Å². The van der Waals surface area contributed by atoms with Gasteiger partial charge in [0.15, 0.2) is 5.69 Å². The third-order valence-electron chi connectivity index (χ3n) is 4.41. The molecule has 1 atom stereocenters. The predicted molar refractivity (Wildman–Crippen MR) is 110 cm³/mol. The van der Waals surface area contributed by atoms with Gasteiger partial charge in [-0.15, -0.1) is 5.10 Å². The van der Waals surface area contributed by atoms with Crippen LogP contribution in [0.25, 0.3) is 17.1 Å². The maximum Gasteiger partial charge on any atom is 0.274 e. The molecule has 0 fully saturated rings. The Bertz CT molecular complexity index is 1130. The second kappa shape index (κ2) is 8.20. The lowest BCUT2D eigenvalue weighted by Gasteiger charge is -2.14. The van der Waals surface area contributed by atoms with Crippen molar-refractivity contribution >= 4 is 17.5 Å². The van der Waals surface area contributed by atoms with Gasteiger partial charge in [-0.25, -0.2) is 4.68 Å². The van der Waals surface area contributed by atoms with E-state index in [4.69, 9.17) is 11.6 Å². The largest absolute Gasteiger partial charge is 0.344 e. The van der Waals surface area contributed by atoms with E-state index in [1.807, 2.05) is 43.3 Å². The van der Waals surface area contributed by atoms with Crippen molar-refractivity contribution in [1.29, 1.82) is 0 Å². The molecule has 0 radical (unpaired) electrons. The molecule has 8 heteroatoms. The first-order chi connectivity index (χ1) is 14.1. The first-order valence-corrected chi connectivity index (χ1v) is 9.35. The van der Waals surface area contributed by atoms with Gasteiger partial charge in [-0.2, -0.15) is 0 Å². The summed E-state index contributed by atoms with van der Waals surface area (Å²) < 4.78 is 1.54. The molecule has 4 aromatic rings. The molecule has 0 saturated heterocycles. The van der Waals surface area contributed by atoms with E-state index in [0.717, 1.165) is 5.56 Å². The standard InChI is InChI=1S/C21H17ClN6O/c1-14(15-7-6-11-23-13-15)25-21(29)19-20(17-9-4-5-12-24-17)28(27-26-19)18-10-3-2-8-16(18)22/h2-14H,1H3,(H,25,29). The smallest absolute Gasteiger partial charge is 0.274 e. The fraction of sp³-hybridized carbons (Fsp3) is 0.0952. The van der Waals surface area contributed by atoms with Gasteiger partial charge in [0.1, 0.15) is 5.69 Å². The van der Waals surface area contributed by atoms with E-state index in [9.17, 15) is 4.79 Å². The molecule has 7 nitrogen and oxygen atoms in total. The fourth-order valence-electron chi connectivity index (χ4n) is 2.94. The van der Waals surface area contributed by atoms with Gasteiger partial charge in [-0.1, -0.05) is 41.1 Å². The number of benzene rings is 1. The van der Waals surface area contributed by atoms with E-state index in [0.29, 0.717) is 22.1 Å². The van der Waals surface area contributed by atoms with E-state index < -0.39 is 0 Å². The van der Waals surface area contributed by atoms with E-state index in [2.05, 4.69) is 25.6 Å². The summed E-state index contributed by atoms with van der Waals surface area (Å²) in [4.78, 5) is 21.5. The van der Waals surface area contributed by atoms with Crippen molar-refractivity contribution in [2.24, 2.45) is 0 Å². The lowest BCUT2D eigenvalue weighted by molar-refractivity contribution is 0.0935. The van der Waals surface area contributed by atoms with Crippen LogP contribution in [0.1, 0.15) is 29.0 Å². The molecule has 144 valence electrons. The van der Waals surface area contributed by atoms with Gasteiger partial charge < -0.3 is 5.32 Å². The van der Waals surface area contributed by atoms with Crippen LogP contribution in [0.4, 0.5) is 0 Å². The van der Waals surface area contributed by atoms with Crippen molar-refractivity contribution in [3.63, 3.8) is 0 Å². The summed E-state index contributed by atoms with van der Waals surface area (Å²) in [6.45, 7) is 1.88. The molecule has 3 aromatic heterocycles. The van der Waals surface area contributed by atoms with Gasteiger partial charge in [0.25, 0.3) is 5.91 Å². The number of para-hydroxylation sites is 1. The Morgan fingerprint density at radius 3 is 2.62 bits per heavy atom. The average molecular weight is 405 g/mol. The summed E-state index contributed by atoms with van der Waals surface area (Å²) in [6.07, 6.45) is 5.05. The third-order valence-corrected chi connectivity index (χ3v) is 4.73. The Balaban J connectivity index is 1.76. The molecular weight excluding hydrogens is 388 g/mol. The van der Waals surface area contributed by atoms with Crippen LogP contribution in [0, 0.1) is 0 Å². The third kappa shape index (κ3) is 3.86. The molecule has 29 heavy (non-hydrogen) atoms. The summed E-state index contributed by atoms with van der Waals surface area (Å²) in [5, 5.41) is 11.8. The van der Waals surface area contributed by atoms with Crippen molar-refractivity contribution in [2.45, 2.75) is 13.0 Å². The zero-order valence-corrected chi connectivity index (χ0v) is 16.3. The molecular formula is C21H17ClN6O. The quantitative estimate of drug-likeness (QED) is 0.545. The molecule has 1 unspecified atom stereocenters. The number of hydrogen-bond acceptors (Lipinski definition) is 5. The van der Waals surface area contributed by atoms with Crippen LogP contribution in [-0.2, 0) is 0 Å². The topological polar surface area (TPSA) is 85.6 Å². The van der Waals surface area contributed by atoms with Crippen LogP contribution in [-0.4, -0.2) is 30.9 Å². The Hall–Kier alpha value is -3.58. The summed E-state index contributed by atoms with van der Waals surface area (Å²) >= 11 is 6.35. The molecule has 0 aliphatic carbocycles. The molecule has 0 saturated carbocycles.